The van der Waals surface area contributed by atoms with E-state index in [2.05, 4.69) is 5.32 Å². The molecule has 5 heteroatoms. The Kier molecular flexibility index (Phi) is 2.05. The van der Waals surface area contributed by atoms with Crippen LogP contribution < -0.4 is 5.32 Å². The van der Waals surface area contributed by atoms with Crippen molar-refractivity contribution in [3.63, 3.8) is 0 Å². The minimum absolute atomic E-state index is 0.155. The highest BCUT2D eigenvalue weighted by molar-refractivity contribution is 6.08. The van der Waals surface area contributed by atoms with Crippen LogP contribution in [0.3, 0.4) is 0 Å². The van der Waals surface area contributed by atoms with Crippen LogP contribution in [0, 0.1) is 0 Å². The van der Waals surface area contributed by atoms with E-state index in [0.717, 1.165) is 0 Å². The van der Waals surface area contributed by atoms with Crippen LogP contribution in [0.5, 0.6) is 0 Å². The Labute approximate surface area is 88.8 Å². The Morgan fingerprint density at radius 2 is 2.07 bits per heavy atom. The lowest BCUT2D eigenvalue weighted by Crippen LogP contribution is -2.50. The Hall–Kier alpha value is -1.10. The zero-order valence-electron chi connectivity index (χ0n) is 9.29. The molecule has 0 radical (unpaired) electrons. The van der Waals surface area contributed by atoms with Crippen LogP contribution in [0.4, 0.5) is 4.79 Å². The molecule has 0 unspecified atom stereocenters. The Morgan fingerprint density at radius 3 is 2.47 bits per heavy atom. The van der Waals surface area contributed by atoms with Crippen molar-refractivity contribution in [2.75, 3.05) is 13.2 Å². The molecule has 2 aliphatic rings. The summed E-state index contributed by atoms with van der Waals surface area (Å²) >= 11 is 0. The summed E-state index contributed by atoms with van der Waals surface area (Å²) < 4.78 is 5.20. The summed E-state index contributed by atoms with van der Waals surface area (Å²) in [6.45, 7) is 6.37. The van der Waals surface area contributed by atoms with Gasteiger partial charge in [0.2, 0.25) is 0 Å². The van der Waals surface area contributed by atoms with E-state index < -0.39 is 11.1 Å². The smallest absolute Gasteiger partial charge is 0.325 e. The van der Waals surface area contributed by atoms with Crippen LogP contribution in [-0.4, -0.2) is 41.1 Å². The van der Waals surface area contributed by atoms with Gasteiger partial charge in [0, 0.05) is 18.6 Å². The maximum Gasteiger partial charge on any atom is 0.325 e. The SMILES string of the molecule is CC(C)(C)N1C(=O)N[C@]2(CCOC2)C1=O. The van der Waals surface area contributed by atoms with Gasteiger partial charge in [0.1, 0.15) is 5.54 Å². The number of amides is 3. The zero-order valence-corrected chi connectivity index (χ0v) is 9.29. The largest absolute Gasteiger partial charge is 0.378 e. The van der Waals surface area contributed by atoms with Gasteiger partial charge in [-0.25, -0.2) is 4.79 Å². The highest BCUT2D eigenvalue weighted by Gasteiger charge is 2.56. The maximum atomic E-state index is 12.1. The summed E-state index contributed by atoms with van der Waals surface area (Å²) in [6, 6.07) is -0.307. The molecular weight excluding hydrogens is 196 g/mol. The average molecular weight is 212 g/mol. The topological polar surface area (TPSA) is 58.6 Å². The van der Waals surface area contributed by atoms with Crippen molar-refractivity contribution >= 4 is 11.9 Å². The molecule has 2 heterocycles. The maximum absolute atomic E-state index is 12.1. The van der Waals surface area contributed by atoms with Crippen LogP contribution in [-0.2, 0) is 9.53 Å². The van der Waals surface area contributed by atoms with Gasteiger partial charge in [-0.2, -0.15) is 0 Å². The Balaban J connectivity index is 2.31. The van der Waals surface area contributed by atoms with E-state index in [1.165, 1.54) is 4.90 Å². The first-order valence-corrected chi connectivity index (χ1v) is 5.11. The second kappa shape index (κ2) is 2.95. The van der Waals surface area contributed by atoms with Gasteiger partial charge < -0.3 is 10.1 Å². The van der Waals surface area contributed by atoms with Gasteiger partial charge in [-0.15, -0.1) is 0 Å². The third-order valence-corrected chi connectivity index (χ3v) is 2.85. The highest BCUT2D eigenvalue weighted by Crippen LogP contribution is 2.30. The number of rotatable bonds is 0. The van der Waals surface area contributed by atoms with Gasteiger partial charge in [-0.3, -0.25) is 9.69 Å². The fourth-order valence-electron chi connectivity index (χ4n) is 2.06. The summed E-state index contributed by atoms with van der Waals surface area (Å²) in [5.74, 6) is -0.155. The highest BCUT2D eigenvalue weighted by atomic mass is 16.5. The standard InChI is InChI=1S/C10H16N2O3/c1-9(2,3)12-7(13)10(11-8(12)14)4-5-15-6-10/h4-6H2,1-3H3,(H,11,14)/t10-/m0/s1. The van der Waals surface area contributed by atoms with Crippen LogP contribution in [0.2, 0.25) is 0 Å². The molecule has 15 heavy (non-hydrogen) atoms. The second-order valence-corrected chi connectivity index (χ2v) is 5.13. The number of nitrogens with one attached hydrogen (secondary N) is 1. The molecule has 1 spiro atoms. The molecule has 0 aromatic rings. The molecule has 0 saturated carbocycles. The number of urea groups is 1. The van der Waals surface area contributed by atoms with Gasteiger partial charge in [-0.05, 0) is 20.8 Å². The monoisotopic (exact) mass is 212 g/mol. The number of hydrogen-bond donors (Lipinski definition) is 1. The van der Waals surface area contributed by atoms with Crippen molar-refractivity contribution in [1.82, 2.24) is 10.2 Å². The quantitative estimate of drug-likeness (QED) is 0.595. The van der Waals surface area contributed by atoms with E-state index in [9.17, 15) is 9.59 Å². The van der Waals surface area contributed by atoms with Crippen molar-refractivity contribution in [2.24, 2.45) is 0 Å². The number of nitrogens with zero attached hydrogens (tertiary/aromatic N) is 1. The van der Waals surface area contributed by atoms with E-state index in [1.54, 1.807) is 0 Å². The summed E-state index contributed by atoms with van der Waals surface area (Å²) in [5, 5.41) is 2.75. The van der Waals surface area contributed by atoms with Gasteiger partial charge in [0.15, 0.2) is 0 Å². The predicted octanol–water partition coefficient (Wildman–Crippen LogP) is 0.496. The molecular formula is C10H16N2O3. The molecule has 1 atom stereocenters. The fraction of sp³-hybridized carbons (Fsp3) is 0.800. The van der Waals surface area contributed by atoms with Crippen molar-refractivity contribution < 1.29 is 14.3 Å². The molecule has 5 nitrogen and oxygen atoms in total. The Bertz CT molecular complexity index is 313. The molecule has 3 amide bonds. The lowest BCUT2D eigenvalue weighted by atomic mass is 9.97. The Morgan fingerprint density at radius 1 is 1.40 bits per heavy atom. The van der Waals surface area contributed by atoms with Gasteiger partial charge in [0.25, 0.3) is 5.91 Å². The van der Waals surface area contributed by atoms with E-state index in [4.69, 9.17) is 4.74 Å². The molecule has 0 aromatic heterocycles. The van der Waals surface area contributed by atoms with Crippen LogP contribution in [0.25, 0.3) is 0 Å². The van der Waals surface area contributed by atoms with Crippen molar-refractivity contribution in [1.29, 1.82) is 0 Å². The number of carbonyl (C=O) groups is 2. The molecule has 2 rings (SSSR count). The minimum atomic E-state index is -0.787. The first-order valence-electron chi connectivity index (χ1n) is 5.11. The first-order chi connectivity index (χ1) is 6.87. The van der Waals surface area contributed by atoms with E-state index in [1.807, 2.05) is 20.8 Å². The van der Waals surface area contributed by atoms with Crippen molar-refractivity contribution in [2.45, 2.75) is 38.3 Å². The number of imide groups is 1. The lowest BCUT2D eigenvalue weighted by molar-refractivity contribution is -0.134. The van der Waals surface area contributed by atoms with Gasteiger partial charge in [-0.1, -0.05) is 0 Å². The predicted molar refractivity (Wildman–Crippen MR) is 53.3 cm³/mol. The van der Waals surface area contributed by atoms with E-state index in [-0.39, 0.29) is 11.9 Å². The summed E-state index contributed by atoms with van der Waals surface area (Å²) in [7, 11) is 0. The number of hydrogen-bond acceptors (Lipinski definition) is 3. The summed E-state index contributed by atoms with van der Waals surface area (Å²) in [6.07, 6.45) is 0.574. The van der Waals surface area contributed by atoms with Crippen LogP contribution >= 0.6 is 0 Å². The van der Waals surface area contributed by atoms with Crippen LogP contribution in [0.1, 0.15) is 27.2 Å². The third kappa shape index (κ3) is 1.42. The number of ether oxygens (including phenoxy) is 1. The minimum Gasteiger partial charge on any atom is -0.378 e. The van der Waals surface area contributed by atoms with E-state index >= 15 is 0 Å². The third-order valence-electron chi connectivity index (χ3n) is 2.85. The molecule has 2 saturated heterocycles. The fourth-order valence-corrected chi connectivity index (χ4v) is 2.06. The molecule has 2 fully saturated rings. The molecule has 0 aliphatic carbocycles. The van der Waals surface area contributed by atoms with Crippen LogP contribution in [0.15, 0.2) is 0 Å². The normalized spacial score (nSPS) is 31.5. The summed E-state index contributed by atoms with van der Waals surface area (Å²) in [4.78, 5) is 25.2. The van der Waals surface area contributed by atoms with E-state index in [0.29, 0.717) is 19.6 Å². The number of carbonyl (C=O) groups excluding carboxylic acids is 2. The molecule has 1 N–H and O–H groups in total. The summed E-state index contributed by atoms with van der Waals surface area (Å²) in [5.41, 5.74) is -1.27. The molecule has 0 bridgehead atoms. The second-order valence-electron chi connectivity index (χ2n) is 5.13. The zero-order chi connectivity index (χ0) is 11.3. The van der Waals surface area contributed by atoms with Crippen molar-refractivity contribution in [3.8, 4) is 0 Å². The first kappa shape index (κ1) is 10.4. The van der Waals surface area contributed by atoms with Crippen molar-refractivity contribution in [3.05, 3.63) is 0 Å². The lowest BCUT2D eigenvalue weighted by Gasteiger charge is -2.29. The van der Waals surface area contributed by atoms with Gasteiger partial charge >= 0.3 is 6.03 Å². The van der Waals surface area contributed by atoms with Gasteiger partial charge in [0.05, 0.1) is 6.61 Å². The molecule has 2 aliphatic heterocycles. The molecule has 0 aromatic carbocycles. The average Bonchev–Trinajstić information content (AvgIpc) is 2.59. The molecule has 84 valence electrons.